The van der Waals surface area contributed by atoms with Crippen molar-refractivity contribution < 1.29 is 13.2 Å². The van der Waals surface area contributed by atoms with Gasteiger partial charge < -0.3 is 5.32 Å². The second-order valence-corrected chi connectivity index (χ2v) is 6.12. The smallest absolute Gasteiger partial charge is 0.310 e. The Kier molecular flexibility index (Phi) is 5.06. The summed E-state index contributed by atoms with van der Waals surface area (Å²) in [5.41, 5.74) is 1.50. The van der Waals surface area contributed by atoms with Gasteiger partial charge in [-0.2, -0.15) is 13.2 Å². The van der Waals surface area contributed by atoms with E-state index in [0.29, 0.717) is 6.42 Å². The number of alkyl halides is 3. The maximum Gasteiger partial charge on any atom is 0.416 e. The molecule has 1 atom stereocenters. The quantitative estimate of drug-likeness (QED) is 0.822. The average Bonchev–Trinajstić information content (AvgIpc) is 2.84. The van der Waals surface area contributed by atoms with Gasteiger partial charge in [0.15, 0.2) is 0 Å². The fourth-order valence-corrected chi connectivity index (χ4v) is 3.02. The van der Waals surface area contributed by atoms with E-state index in [1.165, 1.54) is 10.4 Å². The van der Waals surface area contributed by atoms with Gasteiger partial charge >= 0.3 is 6.18 Å². The van der Waals surface area contributed by atoms with Crippen LogP contribution >= 0.6 is 11.3 Å². The summed E-state index contributed by atoms with van der Waals surface area (Å²) in [6.07, 6.45) is -3.59. The number of hydrogen-bond acceptors (Lipinski definition) is 2. The monoisotopic (exact) mass is 313 g/mol. The summed E-state index contributed by atoms with van der Waals surface area (Å²) >= 11 is 1.69. The number of benzene rings is 1. The molecule has 114 valence electrons. The third-order valence-corrected chi connectivity index (χ3v) is 4.20. The molecule has 0 saturated carbocycles. The molecule has 5 heteroatoms. The van der Waals surface area contributed by atoms with Crippen molar-refractivity contribution in [2.45, 2.75) is 32.5 Å². The van der Waals surface area contributed by atoms with Crippen LogP contribution in [0.2, 0.25) is 0 Å². The molecule has 0 aliphatic carbocycles. The first kappa shape index (κ1) is 16.0. The third kappa shape index (κ3) is 4.32. The first-order chi connectivity index (χ1) is 9.90. The summed E-state index contributed by atoms with van der Waals surface area (Å²) in [5, 5.41) is 5.49. The van der Waals surface area contributed by atoms with Crippen LogP contribution in [0.5, 0.6) is 0 Å². The predicted octanol–water partition coefficient (Wildman–Crippen LogP) is 4.97. The van der Waals surface area contributed by atoms with Gasteiger partial charge in [-0.1, -0.05) is 19.1 Å². The number of nitrogens with one attached hydrogen (secondary N) is 1. The van der Waals surface area contributed by atoms with Gasteiger partial charge in [-0.3, -0.25) is 0 Å². The Morgan fingerprint density at radius 2 is 1.86 bits per heavy atom. The van der Waals surface area contributed by atoms with E-state index in [1.54, 1.807) is 23.5 Å². The SMILES string of the molecule is CCNC(Cc1ccc(C(F)(F)F)cc1)c1csc(C)c1. The zero-order valence-corrected chi connectivity index (χ0v) is 12.8. The van der Waals surface area contributed by atoms with E-state index in [9.17, 15) is 13.2 Å². The first-order valence-corrected chi connectivity index (χ1v) is 7.72. The summed E-state index contributed by atoms with van der Waals surface area (Å²) in [6.45, 7) is 4.90. The second kappa shape index (κ2) is 6.62. The molecule has 1 nitrogen and oxygen atoms in total. The van der Waals surface area contributed by atoms with Crippen LogP contribution in [-0.4, -0.2) is 6.54 Å². The molecule has 2 aromatic rings. The van der Waals surface area contributed by atoms with E-state index >= 15 is 0 Å². The molecule has 0 spiro atoms. The van der Waals surface area contributed by atoms with Crippen molar-refractivity contribution in [3.8, 4) is 0 Å². The standard InChI is InChI=1S/C16H18F3NS/c1-3-20-15(13-8-11(2)21-10-13)9-12-4-6-14(7-5-12)16(17,18)19/h4-8,10,15,20H,3,9H2,1-2H3. The summed E-state index contributed by atoms with van der Waals surface area (Å²) in [7, 11) is 0. The number of halogens is 3. The largest absolute Gasteiger partial charge is 0.416 e. The molecule has 2 rings (SSSR count). The lowest BCUT2D eigenvalue weighted by Crippen LogP contribution is -2.22. The Morgan fingerprint density at radius 1 is 1.19 bits per heavy atom. The number of thiophene rings is 1. The van der Waals surface area contributed by atoms with Crippen molar-refractivity contribution in [1.29, 1.82) is 0 Å². The van der Waals surface area contributed by atoms with E-state index in [4.69, 9.17) is 0 Å². The normalized spacial score (nSPS) is 13.4. The maximum atomic E-state index is 12.6. The van der Waals surface area contributed by atoms with Crippen molar-refractivity contribution in [1.82, 2.24) is 5.32 Å². The van der Waals surface area contributed by atoms with E-state index in [0.717, 1.165) is 24.2 Å². The topological polar surface area (TPSA) is 12.0 Å². The highest BCUT2D eigenvalue weighted by molar-refractivity contribution is 7.10. The molecule has 0 aliphatic heterocycles. The van der Waals surface area contributed by atoms with Crippen LogP contribution < -0.4 is 5.32 Å². The molecule has 1 aromatic heterocycles. The minimum Gasteiger partial charge on any atom is -0.310 e. The van der Waals surface area contributed by atoms with Crippen molar-refractivity contribution in [3.63, 3.8) is 0 Å². The van der Waals surface area contributed by atoms with Gasteiger partial charge in [-0.25, -0.2) is 0 Å². The highest BCUT2D eigenvalue weighted by Gasteiger charge is 2.30. The molecular weight excluding hydrogens is 295 g/mol. The lowest BCUT2D eigenvalue weighted by Gasteiger charge is -2.17. The van der Waals surface area contributed by atoms with Crippen LogP contribution in [0.3, 0.4) is 0 Å². The summed E-state index contributed by atoms with van der Waals surface area (Å²) < 4.78 is 37.7. The maximum absolute atomic E-state index is 12.6. The molecule has 0 fully saturated rings. The van der Waals surface area contributed by atoms with Gasteiger partial charge in [-0.05, 0) is 54.6 Å². The summed E-state index contributed by atoms with van der Waals surface area (Å²) in [6, 6.07) is 7.69. The number of likely N-dealkylation sites (N-methyl/N-ethyl adjacent to an activating group) is 1. The predicted molar refractivity (Wildman–Crippen MR) is 80.6 cm³/mol. The molecule has 1 heterocycles. The van der Waals surface area contributed by atoms with Crippen molar-refractivity contribution >= 4 is 11.3 Å². The molecule has 0 radical (unpaired) electrons. The van der Waals surface area contributed by atoms with E-state index in [1.807, 2.05) is 6.92 Å². The molecule has 1 unspecified atom stereocenters. The van der Waals surface area contributed by atoms with Crippen LogP contribution in [-0.2, 0) is 12.6 Å². The molecule has 0 saturated heterocycles. The number of aryl methyl sites for hydroxylation is 1. The zero-order valence-electron chi connectivity index (χ0n) is 12.0. The minimum atomic E-state index is -4.27. The van der Waals surface area contributed by atoms with E-state index in [2.05, 4.69) is 23.7 Å². The average molecular weight is 313 g/mol. The van der Waals surface area contributed by atoms with Gasteiger partial charge in [-0.15, -0.1) is 11.3 Å². The fraction of sp³-hybridized carbons (Fsp3) is 0.375. The minimum absolute atomic E-state index is 0.136. The number of hydrogen-bond donors (Lipinski definition) is 1. The van der Waals surface area contributed by atoms with Crippen LogP contribution in [0.1, 0.15) is 34.5 Å². The highest BCUT2D eigenvalue weighted by Crippen LogP contribution is 2.30. The molecule has 1 N–H and O–H groups in total. The van der Waals surface area contributed by atoms with Gasteiger partial charge in [0.1, 0.15) is 0 Å². The highest BCUT2D eigenvalue weighted by atomic mass is 32.1. The lowest BCUT2D eigenvalue weighted by atomic mass is 10.00. The summed E-state index contributed by atoms with van der Waals surface area (Å²) in [5.74, 6) is 0. The van der Waals surface area contributed by atoms with E-state index in [-0.39, 0.29) is 6.04 Å². The summed E-state index contributed by atoms with van der Waals surface area (Å²) in [4.78, 5) is 1.24. The van der Waals surface area contributed by atoms with Gasteiger partial charge in [0, 0.05) is 10.9 Å². The van der Waals surface area contributed by atoms with Crippen molar-refractivity contribution in [2.24, 2.45) is 0 Å². The molecular formula is C16H18F3NS. The molecule has 1 aromatic carbocycles. The van der Waals surface area contributed by atoms with Gasteiger partial charge in [0.25, 0.3) is 0 Å². The molecule has 0 bridgehead atoms. The van der Waals surface area contributed by atoms with Crippen LogP contribution in [0.25, 0.3) is 0 Å². The Morgan fingerprint density at radius 3 is 2.33 bits per heavy atom. The second-order valence-electron chi connectivity index (χ2n) is 5.00. The van der Waals surface area contributed by atoms with Gasteiger partial charge in [0.2, 0.25) is 0 Å². The van der Waals surface area contributed by atoms with Crippen LogP contribution in [0, 0.1) is 6.92 Å². The number of rotatable bonds is 5. The van der Waals surface area contributed by atoms with Crippen molar-refractivity contribution in [2.75, 3.05) is 6.54 Å². The first-order valence-electron chi connectivity index (χ1n) is 6.84. The Bertz CT molecular complexity index is 572. The van der Waals surface area contributed by atoms with Crippen molar-refractivity contribution in [3.05, 3.63) is 57.3 Å². The molecule has 0 amide bonds. The third-order valence-electron chi connectivity index (χ3n) is 3.32. The Hall–Kier alpha value is -1.33. The van der Waals surface area contributed by atoms with Crippen LogP contribution in [0.4, 0.5) is 13.2 Å². The van der Waals surface area contributed by atoms with E-state index < -0.39 is 11.7 Å². The fourth-order valence-electron chi connectivity index (χ4n) is 2.27. The van der Waals surface area contributed by atoms with Crippen LogP contribution in [0.15, 0.2) is 35.7 Å². The lowest BCUT2D eigenvalue weighted by molar-refractivity contribution is -0.137. The van der Waals surface area contributed by atoms with Gasteiger partial charge in [0.05, 0.1) is 5.56 Å². The Balaban J connectivity index is 2.14. The molecule has 0 aliphatic rings. The molecule has 21 heavy (non-hydrogen) atoms. The Labute approximate surface area is 126 Å². The zero-order chi connectivity index (χ0) is 15.5.